The molecule has 13 heteroatoms. The Kier molecular flexibility index (Phi) is 9.43. The average molecular weight is 652 g/mol. The van der Waals surface area contributed by atoms with Gasteiger partial charge in [-0.2, -0.15) is 31.4 Å². The standard InChI is InChI=1S/C32H28ClF6N3O3/c1-2-44-30(43)25-17-40-42(29(25)32(37,38)39)28-5-3-4-26(41-28)24-16-23(33)14-15-27(24)45-18-19-6-8-20(9-7-19)21-10-12-22(13-11-21)31(34,35)36/h3-9,14-17,21-22H,2,10-13,18H2,1H3/t21-,22+. The zero-order valence-corrected chi connectivity index (χ0v) is 24.7. The molecular formula is C32H28ClF6N3O3. The van der Waals surface area contributed by atoms with E-state index in [-0.39, 0.29) is 43.5 Å². The second-order valence-corrected chi connectivity index (χ2v) is 11.1. The Labute approximate surface area is 259 Å². The summed E-state index contributed by atoms with van der Waals surface area (Å²) >= 11 is 6.26. The number of hydrogen-bond donors (Lipinski definition) is 0. The quantitative estimate of drug-likeness (QED) is 0.140. The molecule has 1 fully saturated rings. The van der Waals surface area contributed by atoms with E-state index in [9.17, 15) is 31.1 Å². The molecule has 45 heavy (non-hydrogen) atoms. The summed E-state index contributed by atoms with van der Waals surface area (Å²) in [5.41, 5.74) is 0.400. The third kappa shape index (κ3) is 7.43. The summed E-state index contributed by atoms with van der Waals surface area (Å²) in [6.45, 7) is 1.51. The fourth-order valence-electron chi connectivity index (χ4n) is 5.47. The Balaban J connectivity index is 1.35. The topological polar surface area (TPSA) is 66.2 Å². The van der Waals surface area contributed by atoms with Crippen LogP contribution in [0.25, 0.3) is 17.1 Å². The minimum atomic E-state index is -4.93. The zero-order valence-electron chi connectivity index (χ0n) is 24.0. The molecule has 2 aromatic heterocycles. The van der Waals surface area contributed by atoms with E-state index < -0.39 is 35.5 Å². The van der Waals surface area contributed by atoms with Crippen LogP contribution >= 0.6 is 11.6 Å². The summed E-state index contributed by atoms with van der Waals surface area (Å²) in [5.74, 6) is -2.15. The summed E-state index contributed by atoms with van der Waals surface area (Å²) in [7, 11) is 0. The zero-order chi connectivity index (χ0) is 32.4. The molecule has 5 rings (SSSR count). The third-order valence-corrected chi connectivity index (χ3v) is 7.97. The number of carbonyl (C=O) groups is 1. The Morgan fingerprint density at radius 1 is 0.978 bits per heavy atom. The van der Waals surface area contributed by atoms with Gasteiger partial charge < -0.3 is 9.47 Å². The number of pyridine rings is 1. The highest BCUT2D eigenvalue weighted by Crippen LogP contribution is 2.43. The minimum Gasteiger partial charge on any atom is -0.488 e. The molecule has 0 atom stereocenters. The van der Waals surface area contributed by atoms with Gasteiger partial charge in [0.2, 0.25) is 0 Å². The molecule has 2 heterocycles. The van der Waals surface area contributed by atoms with E-state index >= 15 is 0 Å². The normalized spacial score (nSPS) is 17.2. The number of ether oxygens (including phenoxy) is 2. The van der Waals surface area contributed by atoms with Gasteiger partial charge in [-0.1, -0.05) is 41.9 Å². The van der Waals surface area contributed by atoms with Gasteiger partial charge in [-0.05, 0) is 80.0 Å². The van der Waals surface area contributed by atoms with E-state index in [1.165, 1.54) is 19.1 Å². The van der Waals surface area contributed by atoms with Gasteiger partial charge in [-0.25, -0.2) is 14.5 Å². The van der Waals surface area contributed by atoms with Crippen molar-refractivity contribution >= 4 is 17.6 Å². The summed E-state index contributed by atoms with van der Waals surface area (Å²) in [6, 6.07) is 16.7. The predicted octanol–water partition coefficient (Wildman–Crippen LogP) is 9.20. The second-order valence-electron chi connectivity index (χ2n) is 10.7. The minimum absolute atomic E-state index is 0.0702. The lowest BCUT2D eigenvalue weighted by atomic mass is 9.78. The molecule has 4 aromatic rings. The number of halogens is 7. The second kappa shape index (κ2) is 13.1. The molecule has 238 valence electrons. The molecule has 0 aliphatic heterocycles. The van der Waals surface area contributed by atoms with Crippen molar-refractivity contribution in [3.8, 4) is 22.8 Å². The van der Waals surface area contributed by atoms with Crippen LogP contribution in [0, 0.1) is 5.92 Å². The maximum atomic E-state index is 14.0. The summed E-state index contributed by atoms with van der Waals surface area (Å²) in [4.78, 5) is 16.6. The van der Waals surface area contributed by atoms with Crippen LogP contribution in [-0.2, 0) is 17.5 Å². The molecule has 0 N–H and O–H groups in total. The number of rotatable bonds is 8. The van der Waals surface area contributed by atoms with Crippen LogP contribution in [0.4, 0.5) is 26.3 Å². The highest BCUT2D eigenvalue weighted by Gasteiger charge is 2.42. The molecule has 1 saturated carbocycles. The summed E-state index contributed by atoms with van der Waals surface area (Å²) in [6.07, 6.45) is -7.08. The maximum absolute atomic E-state index is 14.0. The van der Waals surface area contributed by atoms with E-state index in [1.807, 2.05) is 24.3 Å². The van der Waals surface area contributed by atoms with Crippen molar-refractivity contribution in [1.82, 2.24) is 14.8 Å². The smallest absolute Gasteiger partial charge is 0.434 e. The Hall–Kier alpha value is -4.06. The molecule has 0 radical (unpaired) electrons. The van der Waals surface area contributed by atoms with E-state index in [0.717, 1.165) is 17.3 Å². The SMILES string of the molecule is CCOC(=O)c1cnn(-c2cccc(-c3cc(Cl)ccc3OCc3ccc([C@H]4CC[C@@H](C(F)(F)F)CC4)cc3)n2)c1C(F)(F)F. The molecule has 1 aliphatic rings. The first-order valence-electron chi connectivity index (χ1n) is 14.2. The third-order valence-electron chi connectivity index (χ3n) is 7.74. The predicted molar refractivity (Wildman–Crippen MR) is 154 cm³/mol. The molecule has 0 spiro atoms. The molecule has 0 bridgehead atoms. The van der Waals surface area contributed by atoms with Crippen molar-refractivity contribution in [3.63, 3.8) is 0 Å². The number of hydrogen-bond acceptors (Lipinski definition) is 5. The number of esters is 1. The number of aromatic nitrogens is 3. The average Bonchev–Trinajstić information content (AvgIpc) is 3.47. The van der Waals surface area contributed by atoms with Crippen LogP contribution in [-0.4, -0.2) is 33.5 Å². The van der Waals surface area contributed by atoms with Crippen molar-refractivity contribution < 1.29 is 40.6 Å². The molecule has 6 nitrogen and oxygen atoms in total. The number of carbonyl (C=O) groups excluding carboxylic acids is 1. The number of nitrogens with zero attached hydrogens (tertiary/aromatic N) is 3. The van der Waals surface area contributed by atoms with Gasteiger partial charge in [-0.15, -0.1) is 0 Å². The Morgan fingerprint density at radius 3 is 2.33 bits per heavy atom. The van der Waals surface area contributed by atoms with Gasteiger partial charge in [0.25, 0.3) is 0 Å². The first-order chi connectivity index (χ1) is 21.3. The first-order valence-corrected chi connectivity index (χ1v) is 14.6. The lowest BCUT2D eigenvalue weighted by Gasteiger charge is -2.30. The van der Waals surface area contributed by atoms with Crippen LogP contribution in [0.15, 0.2) is 66.9 Å². The van der Waals surface area contributed by atoms with Crippen molar-refractivity contribution in [2.45, 2.75) is 57.5 Å². The highest BCUT2D eigenvalue weighted by molar-refractivity contribution is 6.31. The van der Waals surface area contributed by atoms with Gasteiger partial charge in [0.1, 0.15) is 17.9 Å². The number of alkyl halides is 6. The van der Waals surface area contributed by atoms with Gasteiger partial charge in [0.15, 0.2) is 11.5 Å². The molecule has 0 amide bonds. The molecule has 2 aromatic carbocycles. The van der Waals surface area contributed by atoms with Crippen molar-refractivity contribution in [2.75, 3.05) is 6.61 Å². The van der Waals surface area contributed by atoms with Crippen molar-refractivity contribution in [3.05, 3.63) is 94.3 Å². The molecular weight excluding hydrogens is 624 g/mol. The summed E-state index contributed by atoms with van der Waals surface area (Å²) < 4.78 is 92.6. The van der Waals surface area contributed by atoms with Crippen molar-refractivity contribution in [2.24, 2.45) is 5.92 Å². The molecule has 1 aliphatic carbocycles. The lowest BCUT2D eigenvalue weighted by Crippen LogP contribution is -2.27. The van der Waals surface area contributed by atoms with Gasteiger partial charge >= 0.3 is 18.3 Å². The fourth-order valence-corrected chi connectivity index (χ4v) is 5.65. The van der Waals surface area contributed by atoms with Crippen LogP contribution in [0.3, 0.4) is 0 Å². The monoisotopic (exact) mass is 651 g/mol. The van der Waals surface area contributed by atoms with Crippen LogP contribution in [0.1, 0.15) is 65.7 Å². The van der Waals surface area contributed by atoms with Gasteiger partial charge in [0.05, 0.1) is 24.4 Å². The van der Waals surface area contributed by atoms with Crippen LogP contribution in [0.5, 0.6) is 5.75 Å². The Bertz CT molecular complexity index is 1650. The summed E-state index contributed by atoms with van der Waals surface area (Å²) in [5, 5.41) is 4.13. The van der Waals surface area contributed by atoms with Crippen LogP contribution < -0.4 is 4.74 Å². The van der Waals surface area contributed by atoms with Gasteiger partial charge in [-0.3, -0.25) is 0 Å². The fraction of sp³-hybridized carbons (Fsp3) is 0.344. The van der Waals surface area contributed by atoms with Crippen LogP contribution in [0.2, 0.25) is 5.02 Å². The molecule has 0 unspecified atom stereocenters. The Morgan fingerprint density at radius 2 is 1.69 bits per heavy atom. The first kappa shape index (κ1) is 32.3. The largest absolute Gasteiger partial charge is 0.488 e. The van der Waals surface area contributed by atoms with E-state index in [1.54, 1.807) is 24.3 Å². The maximum Gasteiger partial charge on any atom is 0.434 e. The van der Waals surface area contributed by atoms with Crippen molar-refractivity contribution in [1.29, 1.82) is 0 Å². The lowest BCUT2D eigenvalue weighted by molar-refractivity contribution is -0.182. The van der Waals surface area contributed by atoms with E-state index in [4.69, 9.17) is 21.1 Å². The number of benzene rings is 2. The van der Waals surface area contributed by atoms with E-state index in [0.29, 0.717) is 33.9 Å². The van der Waals surface area contributed by atoms with E-state index in [2.05, 4.69) is 10.1 Å². The van der Waals surface area contributed by atoms with Gasteiger partial charge in [0, 0.05) is 10.6 Å². The molecule has 0 saturated heterocycles. The highest BCUT2D eigenvalue weighted by atomic mass is 35.5.